The van der Waals surface area contributed by atoms with E-state index in [1.165, 1.54) is 16.7 Å². The van der Waals surface area contributed by atoms with Crippen molar-refractivity contribution in [3.8, 4) is 0 Å². The molecule has 0 aliphatic carbocycles. The number of allylic oxidation sites excluding steroid dienone is 1. The van der Waals surface area contributed by atoms with E-state index in [-0.39, 0.29) is 0 Å². The molecule has 0 aliphatic heterocycles. The summed E-state index contributed by atoms with van der Waals surface area (Å²) in [5, 5.41) is 0. The Bertz CT molecular complexity index is 449. The molecule has 0 N–H and O–H groups in total. The lowest BCUT2D eigenvalue weighted by atomic mass is 10.0. The minimum absolute atomic E-state index is 0.995. The van der Waals surface area contributed by atoms with Gasteiger partial charge in [0.25, 0.3) is 0 Å². The zero-order valence-corrected chi connectivity index (χ0v) is 9.27. The Balaban J connectivity index is 2.11. The van der Waals surface area contributed by atoms with E-state index in [0.717, 1.165) is 6.42 Å². The molecule has 0 saturated carbocycles. The average molecular weight is 207 g/mol. The molecular formula is C16H15. The SMILES string of the molecule is [CH2]/C=C/c1ccc(Cc2ccccc2)cc1. The van der Waals surface area contributed by atoms with Crippen LogP contribution in [0.25, 0.3) is 6.08 Å². The van der Waals surface area contributed by atoms with E-state index < -0.39 is 0 Å². The second-order valence-electron chi connectivity index (χ2n) is 3.81. The molecule has 0 aliphatic rings. The summed E-state index contributed by atoms with van der Waals surface area (Å²) in [4.78, 5) is 0. The summed E-state index contributed by atoms with van der Waals surface area (Å²) in [6.45, 7) is 3.69. The molecule has 0 heteroatoms. The van der Waals surface area contributed by atoms with Gasteiger partial charge in [0.2, 0.25) is 0 Å². The first-order valence-electron chi connectivity index (χ1n) is 5.47. The zero-order chi connectivity index (χ0) is 11.2. The van der Waals surface area contributed by atoms with E-state index in [2.05, 4.69) is 55.5 Å². The lowest BCUT2D eigenvalue weighted by Gasteiger charge is -2.02. The van der Waals surface area contributed by atoms with E-state index in [0.29, 0.717) is 0 Å². The third kappa shape index (κ3) is 2.83. The summed E-state index contributed by atoms with van der Waals surface area (Å²) < 4.78 is 0. The molecule has 0 atom stereocenters. The Morgan fingerprint density at radius 3 is 2.06 bits per heavy atom. The summed E-state index contributed by atoms with van der Waals surface area (Å²) in [6, 6.07) is 19.1. The molecule has 0 bridgehead atoms. The minimum atomic E-state index is 0.995. The van der Waals surface area contributed by atoms with Crippen LogP contribution in [0.3, 0.4) is 0 Å². The van der Waals surface area contributed by atoms with Gasteiger partial charge < -0.3 is 0 Å². The van der Waals surface area contributed by atoms with Crippen molar-refractivity contribution < 1.29 is 0 Å². The fourth-order valence-electron chi connectivity index (χ4n) is 1.71. The first kappa shape index (κ1) is 10.7. The molecule has 1 radical (unpaired) electrons. The fourth-order valence-corrected chi connectivity index (χ4v) is 1.71. The van der Waals surface area contributed by atoms with E-state index in [9.17, 15) is 0 Å². The number of hydrogen-bond acceptors (Lipinski definition) is 0. The fraction of sp³-hybridized carbons (Fsp3) is 0.0625. The monoisotopic (exact) mass is 207 g/mol. The second-order valence-corrected chi connectivity index (χ2v) is 3.81. The Hall–Kier alpha value is -1.82. The van der Waals surface area contributed by atoms with Crippen molar-refractivity contribution in [2.24, 2.45) is 0 Å². The average Bonchev–Trinajstić information content (AvgIpc) is 2.33. The van der Waals surface area contributed by atoms with Gasteiger partial charge >= 0.3 is 0 Å². The van der Waals surface area contributed by atoms with Gasteiger partial charge in [0.15, 0.2) is 0 Å². The van der Waals surface area contributed by atoms with Crippen LogP contribution in [0.5, 0.6) is 0 Å². The van der Waals surface area contributed by atoms with Gasteiger partial charge in [0.1, 0.15) is 0 Å². The molecule has 2 aromatic rings. The lowest BCUT2D eigenvalue weighted by molar-refractivity contribution is 1.19. The highest BCUT2D eigenvalue weighted by molar-refractivity contribution is 5.50. The Morgan fingerprint density at radius 2 is 1.44 bits per heavy atom. The Kier molecular flexibility index (Phi) is 3.55. The molecule has 0 heterocycles. The summed E-state index contributed by atoms with van der Waals surface area (Å²) >= 11 is 0. The van der Waals surface area contributed by atoms with Crippen molar-refractivity contribution in [2.45, 2.75) is 6.42 Å². The second kappa shape index (κ2) is 5.32. The van der Waals surface area contributed by atoms with Crippen LogP contribution in [-0.2, 0) is 6.42 Å². The van der Waals surface area contributed by atoms with Crippen molar-refractivity contribution in [1.82, 2.24) is 0 Å². The van der Waals surface area contributed by atoms with Gasteiger partial charge in [0.05, 0.1) is 0 Å². The Labute approximate surface area is 97.3 Å². The maximum Gasteiger partial charge on any atom is -0.00258 e. The molecule has 0 nitrogen and oxygen atoms in total. The highest BCUT2D eigenvalue weighted by Gasteiger charge is 1.95. The highest BCUT2D eigenvalue weighted by atomic mass is 14.0. The molecule has 0 spiro atoms. The maximum atomic E-state index is 3.69. The van der Waals surface area contributed by atoms with Crippen LogP contribution in [-0.4, -0.2) is 0 Å². The Morgan fingerprint density at radius 1 is 0.812 bits per heavy atom. The van der Waals surface area contributed by atoms with Crippen LogP contribution in [0.15, 0.2) is 60.7 Å². The number of benzene rings is 2. The number of hydrogen-bond donors (Lipinski definition) is 0. The molecule has 0 aromatic heterocycles. The molecule has 0 fully saturated rings. The molecule has 0 amide bonds. The summed E-state index contributed by atoms with van der Waals surface area (Å²) in [7, 11) is 0. The van der Waals surface area contributed by atoms with Gasteiger partial charge in [-0.15, -0.1) is 0 Å². The van der Waals surface area contributed by atoms with Crippen molar-refractivity contribution in [3.63, 3.8) is 0 Å². The molecule has 0 saturated heterocycles. The van der Waals surface area contributed by atoms with Gasteiger partial charge in [-0.1, -0.05) is 66.7 Å². The first-order valence-corrected chi connectivity index (χ1v) is 5.47. The lowest BCUT2D eigenvalue weighted by Crippen LogP contribution is -1.87. The first-order chi connectivity index (χ1) is 7.88. The van der Waals surface area contributed by atoms with Crippen LogP contribution >= 0.6 is 0 Å². The van der Waals surface area contributed by atoms with Crippen molar-refractivity contribution in [3.05, 3.63) is 84.3 Å². The predicted octanol–water partition coefficient (Wildman–Crippen LogP) is 4.12. The van der Waals surface area contributed by atoms with Crippen LogP contribution < -0.4 is 0 Å². The van der Waals surface area contributed by atoms with E-state index in [4.69, 9.17) is 0 Å². The van der Waals surface area contributed by atoms with Gasteiger partial charge in [-0.05, 0) is 30.0 Å². The standard InChI is InChI=1S/C16H15/c1-2-6-14-9-11-16(12-10-14)13-15-7-4-3-5-8-15/h2-12H,1,13H2/b6-2+. The van der Waals surface area contributed by atoms with Gasteiger partial charge in [-0.25, -0.2) is 0 Å². The van der Waals surface area contributed by atoms with E-state index in [1.807, 2.05) is 18.2 Å². The third-order valence-corrected chi connectivity index (χ3v) is 2.54. The smallest absolute Gasteiger partial charge is 0.00258 e. The molecular weight excluding hydrogens is 192 g/mol. The maximum absolute atomic E-state index is 3.69. The summed E-state index contributed by atoms with van der Waals surface area (Å²) in [5.41, 5.74) is 3.89. The van der Waals surface area contributed by atoms with E-state index in [1.54, 1.807) is 0 Å². The van der Waals surface area contributed by atoms with E-state index >= 15 is 0 Å². The quantitative estimate of drug-likeness (QED) is 0.710. The van der Waals surface area contributed by atoms with Crippen LogP contribution in [0, 0.1) is 6.92 Å². The molecule has 79 valence electrons. The molecule has 0 unspecified atom stereocenters. The normalized spacial score (nSPS) is 10.8. The van der Waals surface area contributed by atoms with Crippen molar-refractivity contribution in [2.75, 3.05) is 0 Å². The van der Waals surface area contributed by atoms with Gasteiger partial charge in [-0.2, -0.15) is 0 Å². The van der Waals surface area contributed by atoms with Crippen LogP contribution in [0.1, 0.15) is 16.7 Å². The number of rotatable bonds is 3. The summed E-state index contributed by atoms with van der Waals surface area (Å²) in [5.74, 6) is 0. The predicted molar refractivity (Wildman–Crippen MR) is 70.1 cm³/mol. The van der Waals surface area contributed by atoms with Crippen molar-refractivity contribution >= 4 is 6.08 Å². The van der Waals surface area contributed by atoms with Gasteiger partial charge in [-0.3, -0.25) is 0 Å². The molecule has 2 rings (SSSR count). The minimum Gasteiger partial charge on any atom is -0.0836 e. The van der Waals surface area contributed by atoms with Crippen LogP contribution in [0.4, 0.5) is 0 Å². The van der Waals surface area contributed by atoms with Crippen molar-refractivity contribution in [1.29, 1.82) is 0 Å². The molecule has 16 heavy (non-hydrogen) atoms. The van der Waals surface area contributed by atoms with Gasteiger partial charge in [0, 0.05) is 0 Å². The zero-order valence-electron chi connectivity index (χ0n) is 9.27. The molecule has 2 aromatic carbocycles. The highest BCUT2D eigenvalue weighted by Crippen LogP contribution is 2.11. The largest absolute Gasteiger partial charge is 0.0836 e. The third-order valence-electron chi connectivity index (χ3n) is 2.54. The topological polar surface area (TPSA) is 0 Å². The van der Waals surface area contributed by atoms with Crippen LogP contribution in [0.2, 0.25) is 0 Å². The summed E-state index contributed by atoms with van der Waals surface area (Å²) in [6.07, 6.45) is 4.81.